The van der Waals surface area contributed by atoms with Gasteiger partial charge in [-0.3, -0.25) is 0 Å². The van der Waals surface area contributed by atoms with Crippen molar-refractivity contribution in [1.82, 2.24) is 9.97 Å². The number of para-hydroxylation sites is 2. The number of rotatable bonds is 4. The minimum Gasteiger partial charge on any atom is -0.377 e. The van der Waals surface area contributed by atoms with Crippen molar-refractivity contribution >= 4 is 28.5 Å². The van der Waals surface area contributed by atoms with Gasteiger partial charge in [0.2, 0.25) is 0 Å². The summed E-state index contributed by atoms with van der Waals surface area (Å²) in [5.41, 5.74) is 1.83. The number of thioether (sulfide) groups is 1. The summed E-state index contributed by atoms with van der Waals surface area (Å²) in [6, 6.07) is 12.0. The maximum Gasteiger partial charge on any atom is 0.418 e. The maximum absolute atomic E-state index is 13.1. The highest BCUT2D eigenvalue weighted by molar-refractivity contribution is 7.98. The zero-order valence-electron chi connectivity index (χ0n) is 13.2. The molecule has 0 bridgehead atoms. The van der Waals surface area contributed by atoms with Crippen molar-refractivity contribution in [1.29, 1.82) is 0 Å². The Bertz CT molecular complexity index is 856. The van der Waals surface area contributed by atoms with Crippen LogP contribution in [0, 0.1) is 0 Å². The summed E-state index contributed by atoms with van der Waals surface area (Å²) in [4.78, 5) is 9.12. The van der Waals surface area contributed by atoms with Gasteiger partial charge in [-0.15, -0.1) is 0 Å². The summed E-state index contributed by atoms with van der Waals surface area (Å²) < 4.78 is 39.2. The zero-order valence-corrected chi connectivity index (χ0v) is 14.0. The highest BCUT2D eigenvalue weighted by atomic mass is 32.2. The molecule has 0 amide bonds. The van der Waals surface area contributed by atoms with Gasteiger partial charge >= 0.3 is 6.18 Å². The van der Waals surface area contributed by atoms with Gasteiger partial charge in [-0.05, 0) is 23.8 Å². The van der Waals surface area contributed by atoms with Crippen molar-refractivity contribution in [3.63, 3.8) is 0 Å². The average Bonchev–Trinajstić information content (AvgIpc) is 2.94. The number of hydrogen-bond acceptors (Lipinski definition) is 3. The Morgan fingerprint density at radius 2 is 1.83 bits per heavy atom. The van der Waals surface area contributed by atoms with Gasteiger partial charge in [0.15, 0.2) is 5.16 Å². The molecular formula is C17H16F3N3S. The lowest BCUT2D eigenvalue weighted by Gasteiger charge is -2.16. The van der Waals surface area contributed by atoms with E-state index < -0.39 is 11.7 Å². The van der Waals surface area contributed by atoms with E-state index in [1.807, 2.05) is 43.3 Å². The predicted octanol–water partition coefficient (Wildman–Crippen LogP) is 4.94. The van der Waals surface area contributed by atoms with E-state index in [2.05, 4.69) is 9.97 Å². The lowest BCUT2D eigenvalue weighted by Crippen LogP contribution is -2.10. The van der Waals surface area contributed by atoms with Crippen molar-refractivity contribution in [2.45, 2.75) is 17.1 Å². The van der Waals surface area contributed by atoms with Crippen LogP contribution in [0.5, 0.6) is 0 Å². The first-order valence-corrected chi connectivity index (χ1v) is 8.29. The number of nitrogens with zero attached hydrogens (tertiary/aromatic N) is 2. The van der Waals surface area contributed by atoms with Crippen LogP contribution >= 0.6 is 11.8 Å². The van der Waals surface area contributed by atoms with E-state index in [-0.39, 0.29) is 5.52 Å². The number of nitrogens with one attached hydrogen (secondary N) is 1. The first-order valence-electron chi connectivity index (χ1n) is 7.30. The van der Waals surface area contributed by atoms with Gasteiger partial charge in [-0.1, -0.05) is 36.0 Å². The third-order valence-electron chi connectivity index (χ3n) is 3.63. The maximum atomic E-state index is 13.1. The number of H-pyrrole nitrogens is 1. The van der Waals surface area contributed by atoms with Crippen molar-refractivity contribution in [3.8, 4) is 0 Å². The van der Waals surface area contributed by atoms with Gasteiger partial charge in [-0.2, -0.15) is 13.2 Å². The number of halogens is 3. The van der Waals surface area contributed by atoms with E-state index in [0.29, 0.717) is 16.4 Å². The van der Waals surface area contributed by atoms with Crippen LogP contribution in [0.25, 0.3) is 11.0 Å². The minimum atomic E-state index is -4.41. The summed E-state index contributed by atoms with van der Waals surface area (Å²) in [7, 11) is 3.92. The van der Waals surface area contributed by atoms with E-state index in [9.17, 15) is 13.2 Å². The average molecular weight is 351 g/mol. The molecule has 0 unspecified atom stereocenters. The molecule has 2 aromatic carbocycles. The number of aromatic amines is 1. The largest absolute Gasteiger partial charge is 0.418 e. The molecular weight excluding hydrogens is 335 g/mol. The Morgan fingerprint density at radius 1 is 1.08 bits per heavy atom. The molecule has 0 spiro atoms. The van der Waals surface area contributed by atoms with Crippen LogP contribution in [0.3, 0.4) is 0 Å². The molecule has 3 rings (SSSR count). The van der Waals surface area contributed by atoms with Crippen LogP contribution in [0.15, 0.2) is 47.6 Å². The van der Waals surface area contributed by atoms with Crippen LogP contribution in [0.2, 0.25) is 0 Å². The minimum absolute atomic E-state index is 0.0339. The van der Waals surface area contributed by atoms with Crippen molar-refractivity contribution in [3.05, 3.63) is 53.6 Å². The molecule has 0 aliphatic rings. The highest BCUT2D eigenvalue weighted by Gasteiger charge is 2.33. The van der Waals surface area contributed by atoms with Crippen LogP contribution in [-0.2, 0) is 11.9 Å². The smallest absolute Gasteiger partial charge is 0.377 e. The molecule has 7 heteroatoms. The predicted molar refractivity (Wildman–Crippen MR) is 91.4 cm³/mol. The van der Waals surface area contributed by atoms with E-state index >= 15 is 0 Å². The Kier molecular flexibility index (Phi) is 4.45. The van der Waals surface area contributed by atoms with Gasteiger partial charge in [0, 0.05) is 25.5 Å². The molecule has 1 aromatic heterocycles. The van der Waals surface area contributed by atoms with Gasteiger partial charge < -0.3 is 9.88 Å². The summed E-state index contributed by atoms with van der Waals surface area (Å²) in [6.07, 6.45) is -4.41. The second-order valence-electron chi connectivity index (χ2n) is 5.55. The molecule has 0 atom stereocenters. The third kappa shape index (κ3) is 3.36. The van der Waals surface area contributed by atoms with Crippen LogP contribution in [0.4, 0.5) is 18.9 Å². The Hall–Kier alpha value is -2.15. The number of alkyl halides is 3. The first-order chi connectivity index (χ1) is 11.4. The summed E-state index contributed by atoms with van der Waals surface area (Å²) >= 11 is 1.39. The number of aromatic nitrogens is 2. The molecule has 3 aromatic rings. The normalized spacial score (nSPS) is 11.9. The number of anilines is 1. The van der Waals surface area contributed by atoms with Gasteiger partial charge in [-0.25, -0.2) is 4.98 Å². The fourth-order valence-corrected chi connectivity index (χ4v) is 3.40. The molecule has 1 heterocycles. The molecule has 0 aliphatic carbocycles. The van der Waals surface area contributed by atoms with E-state index in [1.165, 1.54) is 17.8 Å². The lowest BCUT2D eigenvalue weighted by atomic mass is 10.2. The fraction of sp³-hybridized carbons (Fsp3) is 0.235. The molecule has 0 saturated heterocycles. The third-order valence-corrected chi connectivity index (χ3v) is 4.56. The van der Waals surface area contributed by atoms with Gasteiger partial charge in [0.25, 0.3) is 0 Å². The van der Waals surface area contributed by atoms with Crippen molar-refractivity contribution in [2.75, 3.05) is 19.0 Å². The van der Waals surface area contributed by atoms with Gasteiger partial charge in [0.05, 0.1) is 11.1 Å². The Morgan fingerprint density at radius 3 is 2.54 bits per heavy atom. The molecule has 0 radical (unpaired) electrons. The molecule has 0 fully saturated rings. The Labute approximate surface area is 141 Å². The van der Waals surface area contributed by atoms with E-state index in [1.54, 1.807) is 6.07 Å². The standard InChI is InChI=1S/C17H16F3N3S/c1-23(2)14-9-4-3-6-11(14)10-24-16-21-13-8-5-7-12(15(13)22-16)17(18,19)20/h3-9H,10H2,1-2H3,(H,21,22). The van der Waals surface area contributed by atoms with Crippen molar-refractivity contribution < 1.29 is 13.2 Å². The second-order valence-corrected chi connectivity index (χ2v) is 6.52. The summed E-state index contributed by atoms with van der Waals surface area (Å²) in [6.45, 7) is 0. The first kappa shape index (κ1) is 16.7. The van der Waals surface area contributed by atoms with E-state index in [4.69, 9.17) is 0 Å². The topological polar surface area (TPSA) is 31.9 Å². The fourth-order valence-electron chi connectivity index (χ4n) is 2.52. The van der Waals surface area contributed by atoms with Crippen LogP contribution in [-0.4, -0.2) is 24.1 Å². The molecule has 126 valence electrons. The number of hydrogen-bond donors (Lipinski definition) is 1. The van der Waals surface area contributed by atoms with Crippen molar-refractivity contribution in [2.24, 2.45) is 0 Å². The second kappa shape index (κ2) is 6.39. The highest BCUT2D eigenvalue weighted by Crippen LogP contribution is 2.35. The molecule has 24 heavy (non-hydrogen) atoms. The van der Waals surface area contributed by atoms with Crippen LogP contribution in [0.1, 0.15) is 11.1 Å². The lowest BCUT2D eigenvalue weighted by molar-refractivity contribution is -0.136. The molecule has 0 saturated carbocycles. The van der Waals surface area contributed by atoms with Crippen LogP contribution < -0.4 is 4.90 Å². The Balaban J connectivity index is 1.87. The SMILES string of the molecule is CN(C)c1ccccc1CSc1nc2c(C(F)(F)F)cccc2[nH]1. The molecule has 3 nitrogen and oxygen atoms in total. The zero-order chi connectivity index (χ0) is 17.3. The summed E-state index contributed by atoms with van der Waals surface area (Å²) in [5, 5.41) is 0.482. The van der Waals surface area contributed by atoms with E-state index in [0.717, 1.165) is 17.3 Å². The molecule has 1 N–H and O–H groups in total. The molecule has 0 aliphatic heterocycles. The quantitative estimate of drug-likeness (QED) is 0.676. The number of fused-ring (bicyclic) bond motifs is 1. The summed E-state index contributed by atoms with van der Waals surface area (Å²) in [5.74, 6) is 0.621. The number of imidazole rings is 1. The van der Waals surface area contributed by atoms with Gasteiger partial charge in [0.1, 0.15) is 5.52 Å². The monoisotopic (exact) mass is 351 g/mol. The number of benzene rings is 2.